The summed E-state index contributed by atoms with van der Waals surface area (Å²) >= 11 is 3.46. The fourth-order valence-electron chi connectivity index (χ4n) is 1.97. The molecule has 0 saturated carbocycles. The number of rotatable bonds is 7. The Bertz CT molecular complexity index is 440. The molecule has 1 aromatic rings. The molecule has 0 aliphatic heterocycles. The van der Waals surface area contributed by atoms with Gasteiger partial charge in [-0.15, -0.1) is 0 Å². The van der Waals surface area contributed by atoms with Gasteiger partial charge in [0.05, 0.1) is 12.1 Å². The van der Waals surface area contributed by atoms with Crippen molar-refractivity contribution in [2.75, 3.05) is 20.2 Å². The normalized spacial score (nSPS) is 13.6. The molecule has 0 aliphatic rings. The highest BCUT2D eigenvalue weighted by Crippen LogP contribution is 2.23. The fraction of sp³-hybridized carbons (Fsp3) is 0.533. The van der Waals surface area contributed by atoms with Crippen LogP contribution in [0.2, 0.25) is 0 Å². The minimum absolute atomic E-state index is 0.379. The lowest BCUT2D eigenvalue weighted by molar-refractivity contribution is 0.132. The Morgan fingerprint density at radius 3 is 2.80 bits per heavy atom. The van der Waals surface area contributed by atoms with Crippen molar-refractivity contribution in [2.24, 2.45) is 0 Å². The van der Waals surface area contributed by atoms with Crippen LogP contribution in [0.4, 0.5) is 4.79 Å². The molecule has 1 amide bonds. The molecule has 0 spiro atoms. The van der Waals surface area contributed by atoms with Crippen LogP contribution in [0.3, 0.4) is 0 Å². The number of ether oxygens (including phenoxy) is 1. The first-order valence-corrected chi connectivity index (χ1v) is 7.66. The Balaban J connectivity index is 2.78. The molecule has 1 atom stereocenters. The Morgan fingerprint density at radius 2 is 2.20 bits per heavy atom. The van der Waals surface area contributed by atoms with Crippen molar-refractivity contribution < 1.29 is 9.53 Å². The predicted octanol–water partition coefficient (Wildman–Crippen LogP) is 3.41. The van der Waals surface area contributed by atoms with Gasteiger partial charge in [0.15, 0.2) is 0 Å². The minimum atomic E-state index is -0.512. The van der Waals surface area contributed by atoms with Gasteiger partial charge in [-0.2, -0.15) is 0 Å². The fourth-order valence-corrected chi connectivity index (χ4v) is 2.37. The molecule has 0 radical (unpaired) electrons. The molecule has 5 heteroatoms. The maximum atomic E-state index is 11.9. The van der Waals surface area contributed by atoms with Gasteiger partial charge in [0, 0.05) is 11.0 Å². The van der Waals surface area contributed by atoms with Gasteiger partial charge >= 0.3 is 6.09 Å². The predicted molar refractivity (Wildman–Crippen MR) is 84.8 cm³/mol. The van der Waals surface area contributed by atoms with Gasteiger partial charge in [0.2, 0.25) is 0 Å². The first-order valence-electron chi connectivity index (χ1n) is 6.87. The van der Waals surface area contributed by atoms with Crippen LogP contribution >= 0.6 is 15.9 Å². The zero-order valence-corrected chi connectivity index (χ0v) is 13.9. The highest BCUT2D eigenvalue weighted by atomic mass is 79.9. The average Bonchev–Trinajstić information content (AvgIpc) is 2.39. The van der Waals surface area contributed by atoms with Gasteiger partial charge < -0.3 is 15.4 Å². The molecule has 2 N–H and O–H groups in total. The van der Waals surface area contributed by atoms with Crippen molar-refractivity contribution in [1.29, 1.82) is 0 Å². The summed E-state index contributed by atoms with van der Waals surface area (Å²) in [5.41, 5.74) is 0.510. The number of benzene rings is 1. The maximum Gasteiger partial charge on any atom is 0.407 e. The smallest absolute Gasteiger partial charge is 0.407 e. The standard InChI is InChI=1S/C15H23BrN2O2/c1-4-5-9-20-14(19)18-15(2,11-17-3)12-7-6-8-13(16)10-12/h6-8,10,17H,4-5,9,11H2,1-3H3,(H,18,19). The van der Waals surface area contributed by atoms with E-state index in [4.69, 9.17) is 4.74 Å². The lowest BCUT2D eigenvalue weighted by atomic mass is 9.92. The number of carbonyl (C=O) groups excluding carboxylic acids is 1. The summed E-state index contributed by atoms with van der Waals surface area (Å²) in [5, 5.41) is 6.07. The number of hydrogen-bond acceptors (Lipinski definition) is 3. The summed E-state index contributed by atoms with van der Waals surface area (Å²) in [6.45, 7) is 5.11. The molecule has 0 aromatic heterocycles. The second kappa shape index (κ2) is 8.27. The summed E-state index contributed by atoms with van der Waals surface area (Å²) in [6, 6.07) is 7.92. The van der Waals surface area contributed by atoms with Crippen LogP contribution in [0.5, 0.6) is 0 Å². The molecule has 0 aliphatic carbocycles. The third-order valence-corrected chi connectivity index (χ3v) is 3.59. The lowest BCUT2D eigenvalue weighted by Gasteiger charge is -2.31. The molecule has 1 aromatic carbocycles. The van der Waals surface area contributed by atoms with E-state index in [9.17, 15) is 4.79 Å². The SMILES string of the molecule is CCCCOC(=O)NC(C)(CNC)c1cccc(Br)c1. The number of amides is 1. The van der Waals surface area contributed by atoms with Gasteiger partial charge in [-0.3, -0.25) is 0 Å². The number of halogens is 1. The van der Waals surface area contributed by atoms with Gasteiger partial charge in [0.25, 0.3) is 0 Å². The van der Waals surface area contributed by atoms with Crippen molar-refractivity contribution in [3.63, 3.8) is 0 Å². The van der Waals surface area contributed by atoms with E-state index < -0.39 is 5.54 Å². The maximum absolute atomic E-state index is 11.9. The van der Waals surface area contributed by atoms with Crippen molar-refractivity contribution >= 4 is 22.0 Å². The van der Waals surface area contributed by atoms with Crippen LogP contribution < -0.4 is 10.6 Å². The van der Waals surface area contributed by atoms with Gasteiger partial charge in [-0.25, -0.2) is 4.79 Å². The van der Waals surface area contributed by atoms with Crippen molar-refractivity contribution in [3.05, 3.63) is 34.3 Å². The highest BCUT2D eigenvalue weighted by molar-refractivity contribution is 9.10. The Hall–Kier alpha value is -1.07. The molecule has 0 heterocycles. The number of unbranched alkanes of at least 4 members (excludes halogenated alkanes) is 1. The number of carbonyl (C=O) groups is 1. The summed E-state index contributed by atoms with van der Waals surface area (Å²) < 4.78 is 6.17. The first kappa shape index (κ1) is 17.0. The Labute approximate surface area is 129 Å². The largest absolute Gasteiger partial charge is 0.450 e. The topological polar surface area (TPSA) is 50.4 Å². The highest BCUT2D eigenvalue weighted by Gasteiger charge is 2.28. The molecule has 4 nitrogen and oxygen atoms in total. The number of alkyl carbamates (subject to hydrolysis) is 1. The van der Waals surface area contributed by atoms with E-state index in [2.05, 4.69) is 33.5 Å². The van der Waals surface area contributed by atoms with Crippen molar-refractivity contribution in [1.82, 2.24) is 10.6 Å². The molecule has 0 saturated heterocycles. The van der Waals surface area contributed by atoms with Crippen LogP contribution in [0.1, 0.15) is 32.3 Å². The zero-order chi connectivity index (χ0) is 15.0. The molecule has 112 valence electrons. The van der Waals surface area contributed by atoms with Crippen LogP contribution in [0.25, 0.3) is 0 Å². The van der Waals surface area contributed by atoms with E-state index in [-0.39, 0.29) is 6.09 Å². The van der Waals surface area contributed by atoms with Crippen molar-refractivity contribution in [2.45, 2.75) is 32.2 Å². The summed E-state index contributed by atoms with van der Waals surface area (Å²) in [7, 11) is 1.86. The number of nitrogens with one attached hydrogen (secondary N) is 2. The van der Waals surface area contributed by atoms with E-state index >= 15 is 0 Å². The average molecular weight is 343 g/mol. The van der Waals surface area contributed by atoms with E-state index in [1.807, 2.05) is 38.2 Å². The third kappa shape index (κ3) is 5.13. The quantitative estimate of drug-likeness (QED) is 0.746. The minimum Gasteiger partial charge on any atom is -0.450 e. The van der Waals surface area contributed by atoms with Gasteiger partial charge in [-0.1, -0.05) is 41.4 Å². The molecule has 0 fully saturated rings. The Morgan fingerprint density at radius 1 is 1.45 bits per heavy atom. The second-order valence-corrected chi connectivity index (χ2v) is 5.90. The monoisotopic (exact) mass is 342 g/mol. The summed E-state index contributed by atoms with van der Waals surface area (Å²) in [6.07, 6.45) is 1.51. The molecule has 0 bridgehead atoms. The lowest BCUT2D eigenvalue weighted by Crippen LogP contribution is -2.49. The molecular weight excluding hydrogens is 320 g/mol. The number of likely N-dealkylation sites (N-methyl/N-ethyl adjacent to an activating group) is 1. The molecule has 1 rings (SSSR count). The van der Waals surface area contributed by atoms with Crippen molar-refractivity contribution in [3.8, 4) is 0 Å². The molecule has 20 heavy (non-hydrogen) atoms. The zero-order valence-electron chi connectivity index (χ0n) is 12.3. The van der Waals surface area contributed by atoms with Crippen LogP contribution in [0, 0.1) is 0 Å². The Kier molecular flexibility index (Phi) is 7.02. The third-order valence-electron chi connectivity index (χ3n) is 3.10. The van der Waals surface area contributed by atoms with E-state index in [1.54, 1.807) is 0 Å². The summed E-state index contributed by atoms with van der Waals surface area (Å²) in [4.78, 5) is 11.9. The van der Waals surface area contributed by atoms with Crippen LogP contribution in [0.15, 0.2) is 28.7 Å². The molecule has 1 unspecified atom stereocenters. The van der Waals surface area contributed by atoms with Crippen LogP contribution in [-0.4, -0.2) is 26.3 Å². The number of hydrogen-bond donors (Lipinski definition) is 2. The first-order chi connectivity index (χ1) is 9.51. The van der Waals surface area contributed by atoms with Gasteiger partial charge in [0.1, 0.15) is 0 Å². The second-order valence-electron chi connectivity index (χ2n) is 4.99. The van der Waals surface area contributed by atoms with E-state index in [1.165, 1.54) is 0 Å². The van der Waals surface area contributed by atoms with Gasteiger partial charge in [-0.05, 0) is 38.1 Å². The van der Waals surface area contributed by atoms with E-state index in [0.29, 0.717) is 13.2 Å². The molecular formula is C15H23BrN2O2. The summed E-state index contributed by atoms with van der Waals surface area (Å²) in [5.74, 6) is 0. The van der Waals surface area contributed by atoms with Crippen LogP contribution in [-0.2, 0) is 10.3 Å². The van der Waals surface area contributed by atoms with E-state index in [0.717, 1.165) is 22.9 Å².